The molecular weight excluding hydrogens is 177 g/mol. The molecule has 3 heteroatoms. The lowest BCUT2D eigenvalue weighted by atomic mass is 10.2. The van der Waals surface area contributed by atoms with Crippen molar-refractivity contribution in [1.29, 1.82) is 0 Å². The molecule has 0 N–H and O–H groups in total. The number of hydrogen-bond acceptors (Lipinski definition) is 0. The first-order valence-corrected chi connectivity index (χ1v) is 3.60. The van der Waals surface area contributed by atoms with Crippen molar-refractivity contribution in [2.24, 2.45) is 0 Å². The molecule has 0 aliphatic heterocycles. The Morgan fingerprint density at radius 1 is 1.42 bits per heavy atom. The largest absolute Gasteiger partial charge is 0.252 e. The van der Waals surface area contributed by atoms with Crippen molar-refractivity contribution in [3.8, 4) is 0 Å². The molecule has 0 bridgehead atoms. The molecule has 60 valence electrons. The molecule has 0 unspecified atom stereocenters. The zero-order chi connectivity index (χ0) is 8.97. The van der Waals surface area contributed by atoms with E-state index in [4.69, 9.17) is 18.2 Å². The quantitative estimate of drug-likeness (QED) is 0.463. The van der Waals surface area contributed by atoms with Gasteiger partial charge in [-0.05, 0) is 23.8 Å². The molecule has 0 spiro atoms. The summed E-state index contributed by atoms with van der Waals surface area (Å²) in [6, 6.07) is 5.76. The van der Waals surface area contributed by atoms with Gasteiger partial charge in [-0.2, -0.15) is 0 Å². The second-order valence-corrected chi connectivity index (χ2v) is 2.52. The number of hydrogen-bond donors (Lipinski definition) is 0. The van der Waals surface area contributed by atoms with E-state index in [1.54, 1.807) is 12.1 Å². The Hall–Kier alpha value is -1.33. The minimum Gasteiger partial charge on any atom is -0.225 e. The molecule has 0 aliphatic carbocycles. The summed E-state index contributed by atoms with van der Waals surface area (Å²) in [5, 5.41) is 0.0709. The Morgan fingerprint density at radius 3 is 2.50 bits per heavy atom. The Kier molecular flexibility index (Phi) is 2.84. The lowest BCUT2D eigenvalue weighted by molar-refractivity contribution is 0.628. The van der Waals surface area contributed by atoms with Crippen molar-refractivity contribution in [3.63, 3.8) is 0 Å². The van der Waals surface area contributed by atoms with Gasteiger partial charge in [0.2, 0.25) is 0 Å². The van der Waals surface area contributed by atoms with E-state index in [1.165, 1.54) is 18.2 Å². The molecule has 0 saturated heterocycles. The van der Waals surface area contributed by atoms with Crippen LogP contribution in [0.15, 0.2) is 29.4 Å². The Bertz CT molecular complexity index is 335. The number of nitrogens with zero attached hydrogens (tertiary/aromatic N) is 1. The van der Waals surface area contributed by atoms with E-state index >= 15 is 0 Å². The second-order valence-electron chi connectivity index (χ2n) is 2.13. The fourth-order valence-corrected chi connectivity index (χ4v) is 0.855. The second kappa shape index (κ2) is 3.89. The summed E-state index contributed by atoms with van der Waals surface area (Å²) in [6.07, 6.45) is 1.48. The van der Waals surface area contributed by atoms with Gasteiger partial charge in [-0.25, -0.2) is 9.24 Å². The highest BCUT2D eigenvalue weighted by Gasteiger charge is 1.91. The van der Waals surface area contributed by atoms with Crippen LogP contribution in [-0.2, 0) is 0 Å². The van der Waals surface area contributed by atoms with Crippen LogP contribution in [0.2, 0.25) is 0 Å². The van der Waals surface area contributed by atoms with Crippen molar-refractivity contribution in [2.75, 3.05) is 0 Å². The molecule has 0 fully saturated rings. The molecule has 0 radical (unpaired) electrons. The topological polar surface area (TPSA) is 4.36 Å². The van der Waals surface area contributed by atoms with Crippen LogP contribution in [0.3, 0.4) is 0 Å². The Labute approximate surface area is 74.9 Å². The monoisotopic (exact) mass is 181 g/mol. The van der Waals surface area contributed by atoms with Gasteiger partial charge in [0.1, 0.15) is 5.82 Å². The molecule has 0 saturated carbocycles. The molecular formula is C9H5ClFN. The maximum Gasteiger partial charge on any atom is 0.252 e. The highest BCUT2D eigenvalue weighted by molar-refractivity contribution is 6.32. The smallest absolute Gasteiger partial charge is 0.225 e. The predicted octanol–water partition coefficient (Wildman–Crippen LogP) is 3.28. The summed E-state index contributed by atoms with van der Waals surface area (Å²) in [7, 11) is 0. The van der Waals surface area contributed by atoms with Crippen LogP contribution < -0.4 is 0 Å². The van der Waals surface area contributed by atoms with Crippen LogP contribution in [0.1, 0.15) is 5.56 Å². The number of rotatable bonds is 1. The van der Waals surface area contributed by atoms with Gasteiger partial charge < -0.3 is 0 Å². The third kappa shape index (κ3) is 2.37. The fraction of sp³-hybridized carbons (Fsp3) is 0. The first-order valence-electron chi connectivity index (χ1n) is 3.22. The van der Waals surface area contributed by atoms with Crippen LogP contribution in [0, 0.1) is 12.4 Å². The minimum atomic E-state index is -0.300. The summed E-state index contributed by atoms with van der Waals surface area (Å²) in [6.45, 7) is 6.55. The average Bonchev–Trinajstić information content (AvgIpc) is 2.09. The first-order chi connectivity index (χ1) is 5.72. The zero-order valence-corrected chi connectivity index (χ0v) is 6.85. The highest BCUT2D eigenvalue weighted by Crippen LogP contribution is 2.11. The van der Waals surface area contributed by atoms with Gasteiger partial charge in [-0.1, -0.05) is 12.1 Å². The van der Waals surface area contributed by atoms with E-state index in [-0.39, 0.29) is 11.0 Å². The lowest BCUT2D eigenvalue weighted by Gasteiger charge is -1.91. The van der Waals surface area contributed by atoms with Crippen molar-refractivity contribution in [3.05, 3.63) is 52.2 Å². The molecule has 1 aromatic rings. The van der Waals surface area contributed by atoms with Crippen LogP contribution in [-0.4, -0.2) is 0 Å². The van der Waals surface area contributed by atoms with Gasteiger partial charge in [0.25, 0.3) is 5.16 Å². The fourth-order valence-electron chi connectivity index (χ4n) is 0.729. The van der Waals surface area contributed by atoms with E-state index in [2.05, 4.69) is 4.85 Å². The van der Waals surface area contributed by atoms with E-state index in [0.29, 0.717) is 0 Å². The van der Waals surface area contributed by atoms with Gasteiger partial charge in [-0.3, -0.25) is 0 Å². The van der Waals surface area contributed by atoms with Gasteiger partial charge >= 0.3 is 0 Å². The molecule has 0 atom stereocenters. The molecule has 1 aromatic carbocycles. The summed E-state index contributed by atoms with van der Waals surface area (Å²) < 4.78 is 12.4. The highest BCUT2D eigenvalue weighted by atomic mass is 35.5. The van der Waals surface area contributed by atoms with E-state index in [9.17, 15) is 4.39 Å². The van der Waals surface area contributed by atoms with Crippen molar-refractivity contribution >= 4 is 17.7 Å². The maximum absolute atomic E-state index is 12.4. The minimum absolute atomic E-state index is 0.0709. The summed E-state index contributed by atoms with van der Waals surface area (Å²) in [5.41, 5.74) is 0.720. The third-order valence-electron chi connectivity index (χ3n) is 1.26. The summed E-state index contributed by atoms with van der Waals surface area (Å²) >= 11 is 5.45. The van der Waals surface area contributed by atoms with Crippen LogP contribution in [0.4, 0.5) is 4.39 Å². The van der Waals surface area contributed by atoms with Gasteiger partial charge in [0, 0.05) is 0 Å². The number of benzene rings is 1. The van der Waals surface area contributed by atoms with Crippen LogP contribution >= 0.6 is 11.6 Å². The van der Waals surface area contributed by atoms with Gasteiger partial charge in [-0.15, -0.1) is 11.6 Å². The van der Waals surface area contributed by atoms with Crippen LogP contribution in [0.25, 0.3) is 10.9 Å². The third-order valence-corrected chi connectivity index (χ3v) is 1.46. The lowest BCUT2D eigenvalue weighted by Crippen LogP contribution is -1.74. The van der Waals surface area contributed by atoms with Crippen molar-refractivity contribution in [1.82, 2.24) is 0 Å². The van der Waals surface area contributed by atoms with Crippen LogP contribution in [0.5, 0.6) is 0 Å². The SMILES string of the molecule is [C-]#[N+]/C(Cl)=C\c1ccc(F)cc1. The summed E-state index contributed by atoms with van der Waals surface area (Å²) in [4.78, 5) is 2.99. The maximum atomic E-state index is 12.4. The van der Waals surface area contributed by atoms with E-state index < -0.39 is 0 Å². The number of halogens is 2. The molecule has 1 rings (SSSR count). The first kappa shape index (κ1) is 8.76. The molecule has 0 amide bonds. The van der Waals surface area contributed by atoms with E-state index in [1.807, 2.05) is 0 Å². The zero-order valence-electron chi connectivity index (χ0n) is 6.09. The summed E-state index contributed by atoms with van der Waals surface area (Å²) in [5.74, 6) is -0.300. The normalized spacial score (nSPS) is 10.9. The average molecular weight is 182 g/mol. The Balaban J connectivity index is 2.93. The van der Waals surface area contributed by atoms with Gasteiger partial charge in [0.05, 0.1) is 6.57 Å². The van der Waals surface area contributed by atoms with Crippen molar-refractivity contribution in [2.45, 2.75) is 0 Å². The molecule has 0 aromatic heterocycles. The van der Waals surface area contributed by atoms with Crippen molar-refractivity contribution < 1.29 is 4.39 Å². The van der Waals surface area contributed by atoms with Gasteiger partial charge in [0.15, 0.2) is 0 Å². The predicted molar refractivity (Wildman–Crippen MR) is 46.8 cm³/mol. The Morgan fingerprint density at radius 2 is 2.00 bits per heavy atom. The molecule has 0 aliphatic rings. The standard InChI is InChI=1S/C9H5ClFN/c1-12-9(10)6-7-2-4-8(11)5-3-7/h2-6H/b9-6-. The molecule has 0 heterocycles. The van der Waals surface area contributed by atoms with E-state index in [0.717, 1.165) is 5.56 Å². The molecule has 12 heavy (non-hydrogen) atoms. The molecule has 1 nitrogen and oxygen atoms in total.